The number of carbonyl (C=O) groups is 2. The predicted octanol–water partition coefficient (Wildman–Crippen LogP) is 2.90. The summed E-state index contributed by atoms with van der Waals surface area (Å²) in [6.45, 7) is 9.53. The SMILES string of the molecule is CC1CCN(C(CNC(=O)Nc2ccc3c(c2)OCC(=O)N3)C(C)C)CC1. The molecule has 0 aromatic heterocycles. The Kier molecular flexibility index (Phi) is 6.21. The zero-order valence-electron chi connectivity index (χ0n) is 16.4. The van der Waals surface area contributed by atoms with Crippen molar-refractivity contribution in [3.8, 4) is 5.75 Å². The molecule has 1 aromatic carbocycles. The van der Waals surface area contributed by atoms with E-state index in [1.807, 2.05) is 0 Å². The fraction of sp³-hybridized carbons (Fsp3) is 0.600. The van der Waals surface area contributed by atoms with Crippen LogP contribution in [0.5, 0.6) is 5.75 Å². The van der Waals surface area contributed by atoms with E-state index in [9.17, 15) is 9.59 Å². The molecule has 0 radical (unpaired) electrons. The van der Waals surface area contributed by atoms with Gasteiger partial charge in [-0.05, 0) is 49.9 Å². The molecule has 2 heterocycles. The van der Waals surface area contributed by atoms with Gasteiger partial charge in [0, 0.05) is 24.3 Å². The zero-order chi connectivity index (χ0) is 19.4. The molecule has 0 spiro atoms. The summed E-state index contributed by atoms with van der Waals surface area (Å²) in [6.07, 6.45) is 2.45. The molecule has 3 amide bonds. The topological polar surface area (TPSA) is 82.7 Å². The molecule has 1 fully saturated rings. The Hall–Kier alpha value is -2.28. The first kappa shape index (κ1) is 19.5. The lowest BCUT2D eigenvalue weighted by atomic mass is 9.94. The summed E-state index contributed by atoms with van der Waals surface area (Å²) in [5.41, 5.74) is 1.26. The molecule has 1 unspecified atom stereocenters. The summed E-state index contributed by atoms with van der Waals surface area (Å²) in [5.74, 6) is 1.66. The van der Waals surface area contributed by atoms with Gasteiger partial charge < -0.3 is 20.7 Å². The summed E-state index contributed by atoms with van der Waals surface area (Å²) in [6, 6.07) is 5.31. The number of hydrogen-bond donors (Lipinski definition) is 3. The maximum absolute atomic E-state index is 12.3. The highest BCUT2D eigenvalue weighted by Crippen LogP contribution is 2.30. The minimum atomic E-state index is -0.231. The molecule has 1 aromatic rings. The lowest BCUT2D eigenvalue weighted by molar-refractivity contribution is -0.118. The number of piperidine rings is 1. The van der Waals surface area contributed by atoms with Crippen molar-refractivity contribution in [3.05, 3.63) is 18.2 Å². The average Bonchev–Trinajstić information content (AvgIpc) is 2.63. The van der Waals surface area contributed by atoms with Crippen molar-refractivity contribution in [1.29, 1.82) is 0 Å². The first-order valence-electron chi connectivity index (χ1n) is 9.78. The van der Waals surface area contributed by atoms with Crippen molar-refractivity contribution in [3.63, 3.8) is 0 Å². The van der Waals surface area contributed by atoms with Crippen LogP contribution in [-0.4, -0.2) is 49.1 Å². The average molecular weight is 374 g/mol. The number of likely N-dealkylation sites (tertiary alicyclic amines) is 1. The van der Waals surface area contributed by atoms with E-state index >= 15 is 0 Å². The number of anilines is 2. The number of ether oxygens (including phenoxy) is 1. The van der Waals surface area contributed by atoms with Crippen LogP contribution < -0.4 is 20.7 Å². The fourth-order valence-corrected chi connectivity index (χ4v) is 3.67. The number of rotatable bonds is 5. The van der Waals surface area contributed by atoms with Gasteiger partial charge in [0.25, 0.3) is 5.91 Å². The fourth-order valence-electron chi connectivity index (χ4n) is 3.67. The highest BCUT2D eigenvalue weighted by atomic mass is 16.5. The monoisotopic (exact) mass is 374 g/mol. The second-order valence-corrected chi connectivity index (χ2v) is 7.91. The Morgan fingerprint density at radius 1 is 1.33 bits per heavy atom. The highest BCUT2D eigenvalue weighted by molar-refractivity contribution is 5.96. The van der Waals surface area contributed by atoms with E-state index in [1.54, 1.807) is 18.2 Å². The lowest BCUT2D eigenvalue weighted by Crippen LogP contribution is -2.50. The van der Waals surface area contributed by atoms with Crippen LogP contribution in [0.2, 0.25) is 0 Å². The van der Waals surface area contributed by atoms with Crippen LogP contribution >= 0.6 is 0 Å². The van der Waals surface area contributed by atoms with Crippen LogP contribution in [0.15, 0.2) is 18.2 Å². The molecule has 2 aliphatic heterocycles. The summed E-state index contributed by atoms with van der Waals surface area (Å²) < 4.78 is 5.39. The molecule has 1 atom stereocenters. The summed E-state index contributed by atoms with van der Waals surface area (Å²) in [7, 11) is 0. The van der Waals surface area contributed by atoms with Gasteiger partial charge in [0.1, 0.15) is 5.75 Å². The van der Waals surface area contributed by atoms with Crippen LogP contribution in [0.25, 0.3) is 0 Å². The van der Waals surface area contributed by atoms with Gasteiger partial charge in [-0.15, -0.1) is 0 Å². The third kappa shape index (κ3) is 5.13. The predicted molar refractivity (Wildman–Crippen MR) is 106 cm³/mol. The van der Waals surface area contributed by atoms with E-state index in [4.69, 9.17) is 4.74 Å². The van der Waals surface area contributed by atoms with E-state index in [-0.39, 0.29) is 18.5 Å². The van der Waals surface area contributed by atoms with Crippen molar-refractivity contribution >= 4 is 23.3 Å². The molecule has 27 heavy (non-hydrogen) atoms. The summed E-state index contributed by atoms with van der Waals surface area (Å²) in [5, 5.41) is 8.59. The van der Waals surface area contributed by atoms with Gasteiger partial charge in [0.15, 0.2) is 6.61 Å². The Bertz CT molecular complexity index is 684. The molecule has 0 aliphatic carbocycles. The van der Waals surface area contributed by atoms with Crippen molar-refractivity contribution in [2.75, 3.05) is 36.9 Å². The van der Waals surface area contributed by atoms with Crippen LogP contribution in [0, 0.1) is 11.8 Å². The molecule has 148 valence electrons. The van der Waals surface area contributed by atoms with E-state index in [0.29, 0.717) is 35.6 Å². The minimum absolute atomic E-state index is 0.00678. The van der Waals surface area contributed by atoms with Crippen molar-refractivity contribution < 1.29 is 14.3 Å². The molecular weight excluding hydrogens is 344 g/mol. The Balaban J connectivity index is 1.53. The molecule has 7 nitrogen and oxygen atoms in total. The quantitative estimate of drug-likeness (QED) is 0.740. The van der Waals surface area contributed by atoms with Crippen molar-refractivity contribution in [2.45, 2.75) is 39.7 Å². The standard InChI is InChI=1S/C20H30N4O3/c1-13(2)17(24-8-6-14(3)7-9-24)11-21-20(26)22-15-4-5-16-18(10-15)27-12-19(25)23-16/h4-5,10,13-14,17H,6-9,11-12H2,1-3H3,(H,23,25)(H2,21,22,26). The second kappa shape index (κ2) is 8.61. The molecule has 0 bridgehead atoms. The minimum Gasteiger partial charge on any atom is -0.482 e. The van der Waals surface area contributed by atoms with Gasteiger partial charge in [-0.25, -0.2) is 4.79 Å². The first-order chi connectivity index (χ1) is 12.9. The number of carbonyl (C=O) groups excluding carboxylic acids is 2. The maximum atomic E-state index is 12.3. The Labute approximate surface area is 160 Å². The van der Waals surface area contributed by atoms with Crippen molar-refractivity contribution in [2.24, 2.45) is 11.8 Å². The zero-order valence-corrected chi connectivity index (χ0v) is 16.4. The van der Waals surface area contributed by atoms with E-state index in [2.05, 4.69) is 41.6 Å². The Morgan fingerprint density at radius 2 is 2.07 bits per heavy atom. The first-order valence-corrected chi connectivity index (χ1v) is 9.78. The third-order valence-electron chi connectivity index (χ3n) is 5.40. The molecular formula is C20H30N4O3. The number of nitrogens with zero attached hydrogens (tertiary/aromatic N) is 1. The number of amides is 3. The number of nitrogens with one attached hydrogen (secondary N) is 3. The Morgan fingerprint density at radius 3 is 2.78 bits per heavy atom. The number of urea groups is 1. The largest absolute Gasteiger partial charge is 0.482 e. The van der Waals surface area contributed by atoms with Gasteiger partial charge >= 0.3 is 6.03 Å². The third-order valence-corrected chi connectivity index (χ3v) is 5.40. The van der Waals surface area contributed by atoms with Gasteiger partial charge in [-0.3, -0.25) is 9.69 Å². The van der Waals surface area contributed by atoms with E-state index in [1.165, 1.54) is 12.8 Å². The van der Waals surface area contributed by atoms with Crippen molar-refractivity contribution in [1.82, 2.24) is 10.2 Å². The molecule has 7 heteroatoms. The molecule has 3 N–H and O–H groups in total. The highest BCUT2D eigenvalue weighted by Gasteiger charge is 2.26. The molecule has 1 saturated heterocycles. The second-order valence-electron chi connectivity index (χ2n) is 7.91. The number of fused-ring (bicyclic) bond motifs is 1. The summed E-state index contributed by atoms with van der Waals surface area (Å²) in [4.78, 5) is 26.2. The lowest BCUT2D eigenvalue weighted by Gasteiger charge is -2.38. The smallest absolute Gasteiger partial charge is 0.319 e. The maximum Gasteiger partial charge on any atom is 0.319 e. The van der Waals surface area contributed by atoms with Gasteiger partial charge in [0.05, 0.1) is 5.69 Å². The molecule has 2 aliphatic rings. The molecule has 3 rings (SSSR count). The normalized spacial score (nSPS) is 19.0. The van der Waals surface area contributed by atoms with Gasteiger partial charge in [-0.1, -0.05) is 20.8 Å². The van der Waals surface area contributed by atoms with E-state index in [0.717, 1.165) is 19.0 Å². The molecule has 0 saturated carbocycles. The number of hydrogen-bond acceptors (Lipinski definition) is 4. The van der Waals surface area contributed by atoms with Crippen LogP contribution in [0.3, 0.4) is 0 Å². The summed E-state index contributed by atoms with van der Waals surface area (Å²) >= 11 is 0. The van der Waals surface area contributed by atoms with Crippen LogP contribution in [0.4, 0.5) is 16.2 Å². The van der Waals surface area contributed by atoms with E-state index < -0.39 is 0 Å². The van der Waals surface area contributed by atoms with Crippen LogP contribution in [0.1, 0.15) is 33.6 Å². The van der Waals surface area contributed by atoms with Crippen LogP contribution in [-0.2, 0) is 4.79 Å². The number of benzene rings is 1. The van der Waals surface area contributed by atoms with Gasteiger partial charge in [0.2, 0.25) is 0 Å². The van der Waals surface area contributed by atoms with Gasteiger partial charge in [-0.2, -0.15) is 0 Å².